The highest BCUT2D eigenvalue weighted by Crippen LogP contribution is 2.36. The number of nitrogens with one attached hydrogen (secondary N) is 1. The zero-order valence-electron chi connectivity index (χ0n) is 17.5. The second-order valence-corrected chi connectivity index (χ2v) is 11.5. The van der Waals surface area contributed by atoms with E-state index < -0.39 is 15.9 Å². The van der Waals surface area contributed by atoms with Gasteiger partial charge in [0.05, 0.1) is 38.9 Å². The number of carbonyl (C=O) groups is 1. The Morgan fingerprint density at radius 1 is 1.31 bits per heavy atom. The fourth-order valence-electron chi connectivity index (χ4n) is 3.76. The average molecular weight is 493 g/mol. The van der Waals surface area contributed by atoms with Crippen molar-refractivity contribution >= 4 is 45.0 Å². The minimum absolute atomic E-state index is 0.183. The lowest BCUT2D eigenvalue weighted by Crippen LogP contribution is -2.28. The molecule has 170 valence electrons. The van der Waals surface area contributed by atoms with Gasteiger partial charge < -0.3 is 11.1 Å². The van der Waals surface area contributed by atoms with Crippen LogP contribution in [-0.4, -0.2) is 31.7 Å². The maximum atomic E-state index is 12.9. The predicted molar refractivity (Wildman–Crippen MR) is 128 cm³/mol. The number of benzene rings is 1. The van der Waals surface area contributed by atoms with Gasteiger partial charge in [-0.05, 0) is 36.6 Å². The number of thiophene rings is 1. The van der Waals surface area contributed by atoms with Gasteiger partial charge in [-0.2, -0.15) is 5.26 Å². The van der Waals surface area contributed by atoms with E-state index in [0.29, 0.717) is 33.2 Å². The number of halogens is 1. The molecule has 0 spiro atoms. The molecule has 0 radical (unpaired) electrons. The summed E-state index contributed by atoms with van der Waals surface area (Å²) in [4.78, 5) is 17.7. The summed E-state index contributed by atoms with van der Waals surface area (Å²) in [5.74, 6) is -0.504. The van der Waals surface area contributed by atoms with E-state index in [2.05, 4.69) is 10.3 Å². The third-order valence-corrected chi connectivity index (χ3v) is 9.42. The Hall–Kier alpha value is -2.41. The zero-order valence-corrected chi connectivity index (χ0v) is 19.8. The molecule has 1 atom stereocenters. The molecule has 1 fully saturated rings. The number of sulfone groups is 1. The van der Waals surface area contributed by atoms with E-state index in [1.54, 1.807) is 24.3 Å². The Morgan fingerprint density at radius 2 is 2.00 bits per heavy atom. The molecule has 10 heteroatoms. The van der Waals surface area contributed by atoms with Crippen LogP contribution in [0.1, 0.15) is 63.8 Å². The molecule has 1 amide bonds. The number of rotatable bonds is 8. The van der Waals surface area contributed by atoms with Gasteiger partial charge in [0.15, 0.2) is 9.84 Å². The standard InChI is InChI=1S/C22H25ClN4O3S2/c23-18-10-20(22(28)26-12-16-8-6-15(11-24)7-9-16)31-21(18)19(27-14-25)13-32(29,30)17-4-2-1-3-5-17/h6-10,14,17,19H,1-5,12-13H2,(H2,25,27)(H,26,28). The number of nitriles is 1. The summed E-state index contributed by atoms with van der Waals surface area (Å²) in [6.45, 7) is 0.288. The number of hydrogen-bond donors (Lipinski definition) is 2. The fourth-order valence-corrected chi connectivity index (χ4v) is 7.31. The van der Waals surface area contributed by atoms with Gasteiger partial charge in [0.25, 0.3) is 5.91 Å². The van der Waals surface area contributed by atoms with Gasteiger partial charge >= 0.3 is 0 Å². The molecule has 1 aliphatic rings. The lowest BCUT2D eigenvalue weighted by molar-refractivity contribution is 0.0955. The van der Waals surface area contributed by atoms with E-state index >= 15 is 0 Å². The average Bonchev–Trinajstić information content (AvgIpc) is 3.19. The summed E-state index contributed by atoms with van der Waals surface area (Å²) in [5.41, 5.74) is 6.89. The molecule has 1 aliphatic carbocycles. The molecule has 1 aromatic heterocycles. The summed E-state index contributed by atoms with van der Waals surface area (Å²) in [7, 11) is -3.38. The largest absolute Gasteiger partial charge is 0.390 e. The van der Waals surface area contributed by atoms with Gasteiger partial charge in [-0.25, -0.2) is 8.42 Å². The number of nitrogens with zero attached hydrogens (tertiary/aromatic N) is 2. The van der Waals surface area contributed by atoms with Crippen molar-refractivity contribution in [1.29, 1.82) is 5.26 Å². The maximum Gasteiger partial charge on any atom is 0.261 e. The van der Waals surface area contributed by atoms with Crippen LogP contribution in [0.4, 0.5) is 0 Å². The van der Waals surface area contributed by atoms with Crippen LogP contribution in [0.2, 0.25) is 5.02 Å². The van der Waals surface area contributed by atoms with Gasteiger partial charge in [-0.15, -0.1) is 11.3 Å². The topological polar surface area (TPSA) is 125 Å². The molecular formula is C22H25ClN4O3S2. The van der Waals surface area contributed by atoms with E-state index in [4.69, 9.17) is 22.6 Å². The molecular weight excluding hydrogens is 468 g/mol. The minimum atomic E-state index is -3.38. The van der Waals surface area contributed by atoms with Gasteiger partial charge in [0.1, 0.15) is 6.04 Å². The van der Waals surface area contributed by atoms with Crippen LogP contribution in [0.25, 0.3) is 0 Å². The Kier molecular flexibility index (Phi) is 8.29. The number of aliphatic imine (C=N–C) groups is 1. The number of nitrogens with two attached hydrogens (primary N) is 1. The first-order valence-electron chi connectivity index (χ1n) is 10.4. The van der Waals surface area contributed by atoms with Gasteiger partial charge in [-0.3, -0.25) is 9.79 Å². The summed E-state index contributed by atoms with van der Waals surface area (Å²) in [6.07, 6.45) is 5.32. The molecule has 0 bridgehead atoms. The highest BCUT2D eigenvalue weighted by Gasteiger charge is 2.32. The van der Waals surface area contributed by atoms with E-state index in [0.717, 1.165) is 42.5 Å². The minimum Gasteiger partial charge on any atom is -0.390 e. The third-order valence-electron chi connectivity index (χ3n) is 5.49. The maximum absolute atomic E-state index is 12.9. The van der Waals surface area contributed by atoms with Gasteiger partial charge in [0.2, 0.25) is 0 Å². The zero-order chi connectivity index (χ0) is 23.1. The number of amides is 1. The lowest BCUT2D eigenvalue weighted by Gasteiger charge is -2.23. The predicted octanol–water partition coefficient (Wildman–Crippen LogP) is 3.98. The van der Waals surface area contributed by atoms with Gasteiger partial charge in [0, 0.05) is 11.4 Å². The second kappa shape index (κ2) is 10.9. The van der Waals surface area contributed by atoms with Crippen molar-refractivity contribution in [3.8, 4) is 6.07 Å². The van der Waals surface area contributed by atoms with E-state index in [9.17, 15) is 13.2 Å². The fraction of sp³-hybridized carbons (Fsp3) is 0.409. The first-order chi connectivity index (χ1) is 15.3. The van der Waals surface area contributed by atoms with E-state index in [-0.39, 0.29) is 23.5 Å². The molecule has 0 aliphatic heterocycles. The van der Waals surface area contributed by atoms with Gasteiger partial charge in [-0.1, -0.05) is 43.0 Å². The van der Waals surface area contributed by atoms with Crippen LogP contribution in [0.3, 0.4) is 0 Å². The van der Waals surface area contributed by atoms with Crippen molar-refractivity contribution < 1.29 is 13.2 Å². The molecule has 3 N–H and O–H groups in total. The second-order valence-electron chi connectivity index (χ2n) is 7.72. The quantitative estimate of drug-likeness (QED) is 0.425. The molecule has 32 heavy (non-hydrogen) atoms. The molecule has 3 rings (SSSR count). The Labute approximate surface area is 197 Å². The highest BCUT2D eigenvalue weighted by molar-refractivity contribution is 7.92. The Morgan fingerprint density at radius 3 is 2.62 bits per heavy atom. The van der Waals surface area contributed by atoms with E-state index in [1.807, 2.05) is 6.07 Å². The summed E-state index contributed by atoms with van der Waals surface area (Å²) in [6, 6.07) is 9.74. The molecule has 1 saturated carbocycles. The molecule has 1 aromatic carbocycles. The lowest BCUT2D eigenvalue weighted by atomic mass is 10.0. The van der Waals surface area contributed by atoms with Crippen molar-refractivity contribution in [3.05, 3.63) is 56.2 Å². The molecule has 1 unspecified atom stereocenters. The van der Waals surface area contributed by atoms with Crippen molar-refractivity contribution in [2.75, 3.05) is 5.75 Å². The normalized spacial score (nSPS) is 16.0. The number of hydrogen-bond acceptors (Lipinski definition) is 6. The first kappa shape index (κ1) is 24.2. The van der Waals surface area contributed by atoms with Crippen LogP contribution < -0.4 is 11.1 Å². The molecule has 2 aromatic rings. The third kappa shape index (κ3) is 6.09. The van der Waals surface area contributed by atoms with Crippen LogP contribution >= 0.6 is 22.9 Å². The first-order valence-corrected chi connectivity index (χ1v) is 13.3. The van der Waals surface area contributed by atoms with Crippen LogP contribution in [0.15, 0.2) is 35.3 Å². The summed E-state index contributed by atoms with van der Waals surface area (Å²) in [5, 5.41) is 11.6. The van der Waals surface area contributed by atoms with Crippen LogP contribution in [0.5, 0.6) is 0 Å². The van der Waals surface area contributed by atoms with Crippen LogP contribution in [0, 0.1) is 11.3 Å². The van der Waals surface area contributed by atoms with Crippen molar-refractivity contribution in [1.82, 2.24) is 5.32 Å². The van der Waals surface area contributed by atoms with Crippen LogP contribution in [-0.2, 0) is 16.4 Å². The Balaban J connectivity index is 1.71. The van der Waals surface area contributed by atoms with Crippen molar-refractivity contribution in [2.24, 2.45) is 10.7 Å². The SMILES string of the molecule is N#Cc1ccc(CNC(=O)c2cc(Cl)c(C(CS(=O)(=O)C3CCCCC3)N=CN)s2)cc1. The van der Waals surface area contributed by atoms with E-state index in [1.165, 1.54) is 6.07 Å². The number of carbonyl (C=O) groups excluding carboxylic acids is 1. The molecule has 7 nitrogen and oxygen atoms in total. The smallest absolute Gasteiger partial charge is 0.261 e. The monoisotopic (exact) mass is 492 g/mol. The molecule has 0 saturated heterocycles. The highest BCUT2D eigenvalue weighted by atomic mass is 35.5. The van der Waals surface area contributed by atoms with Crippen molar-refractivity contribution in [3.63, 3.8) is 0 Å². The summed E-state index contributed by atoms with van der Waals surface area (Å²) >= 11 is 7.50. The summed E-state index contributed by atoms with van der Waals surface area (Å²) < 4.78 is 25.9. The van der Waals surface area contributed by atoms with Crippen molar-refractivity contribution in [2.45, 2.75) is 49.9 Å². The Bertz CT molecular complexity index is 1120. The molecule has 1 heterocycles.